The Morgan fingerprint density at radius 3 is 3.00 bits per heavy atom. The van der Waals surface area contributed by atoms with Crippen molar-refractivity contribution in [3.8, 4) is 0 Å². The van der Waals surface area contributed by atoms with E-state index < -0.39 is 0 Å². The highest BCUT2D eigenvalue weighted by Crippen LogP contribution is 2.14. The van der Waals surface area contributed by atoms with Crippen molar-refractivity contribution in [2.24, 2.45) is 0 Å². The fourth-order valence-electron chi connectivity index (χ4n) is 2.91. The van der Waals surface area contributed by atoms with E-state index >= 15 is 0 Å². The molecule has 128 valence electrons. The number of nitrogens with zero attached hydrogens (tertiary/aromatic N) is 4. The maximum Gasteiger partial charge on any atom is 0.289 e. The van der Waals surface area contributed by atoms with Crippen LogP contribution in [0.25, 0.3) is 11.0 Å². The van der Waals surface area contributed by atoms with Crippen LogP contribution in [0, 0.1) is 6.92 Å². The molecule has 0 atom stereocenters. The third-order valence-electron chi connectivity index (χ3n) is 4.33. The van der Waals surface area contributed by atoms with E-state index in [1.165, 1.54) is 0 Å². The number of nitrogens with one attached hydrogen (secondary N) is 2. The molecule has 4 rings (SSSR count). The molecule has 2 amide bonds. The van der Waals surface area contributed by atoms with Crippen LogP contribution in [0.2, 0.25) is 0 Å². The van der Waals surface area contributed by atoms with Gasteiger partial charge in [-0.3, -0.25) is 9.59 Å². The number of rotatable bonds is 3. The molecule has 0 radical (unpaired) electrons. The van der Waals surface area contributed by atoms with Crippen molar-refractivity contribution in [3.05, 3.63) is 47.3 Å². The van der Waals surface area contributed by atoms with Crippen molar-refractivity contribution in [1.29, 1.82) is 0 Å². The van der Waals surface area contributed by atoms with Crippen LogP contribution >= 0.6 is 0 Å². The van der Waals surface area contributed by atoms with Crippen LogP contribution in [-0.4, -0.2) is 49.8 Å². The molecule has 0 bridgehead atoms. The minimum absolute atomic E-state index is 0.169. The van der Waals surface area contributed by atoms with Crippen LogP contribution in [0.15, 0.2) is 24.4 Å². The lowest BCUT2D eigenvalue weighted by atomic mass is 10.2. The van der Waals surface area contributed by atoms with Crippen molar-refractivity contribution >= 4 is 22.8 Å². The van der Waals surface area contributed by atoms with Gasteiger partial charge in [-0.1, -0.05) is 6.07 Å². The molecule has 2 aromatic heterocycles. The Kier molecular flexibility index (Phi) is 3.52. The number of aryl methyl sites for hydroxylation is 1. The molecule has 0 unspecified atom stereocenters. The number of imidazole rings is 2. The number of H-pyrrole nitrogens is 1. The van der Waals surface area contributed by atoms with Crippen molar-refractivity contribution < 1.29 is 9.59 Å². The number of carbonyl (C=O) groups excluding carboxylic acids is 2. The summed E-state index contributed by atoms with van der Waals surface area (Å²) in [6.07, 6.45) is 1.62. The van der Waals surface area contributed by atoms with E-state index in [1.54, 1.807) is 22.7 Å². The summed E-state index contributed by atoms with van der Waals surface area (Å²) in [6.45, 7) is 3.53. The van der Waals surface area contributed by atoms with E-state index in [0.717, 1.165) is 16.6 Å². The first-order valence-corrected chi connectivity index (χ1v) is 8.07. The second kappa shape index (κ2) is 5.73. The predicted molar refractivity (Wildman–Crippen MR) is 91.2 cm³/mol. The molecule has 3 aromatic rings. The number of aromatic amines is 1. The molecule has 2 N–H and O–H groups in total. The monoisotopic (exact) mass is 338 g/mol. The first-order chi connectivity index (χ1) is 12.0. The lowest BCUT2D eigenvalue weighted by Crippen LogP contribution is -2.37. The number of hydrogen-bond acceptors (Lipinski definition) is 4. The zero-order chi connectivity index (χ0) is 17.6. The summed E-state index contributed by atoms with van der Waals surface area (Å²) in [5, 5.41) is 2.79. The third kappa shape index (κ3) is 2.75. The number of benzene rings is 1. The average molecular weight is 338 g/mol. The molecule has 0 fully saturated rings. The van der Waals surface area contributed by atoms with Gasteiger partial charge in [-0.25, -0.2) is 9.97 Å². The first kappa shape index (κ1) is 15.4. The number of fused-ring (bicyclic) bond motifs is 2. The van der Waals surface area contributed by atoms with Crippen LogP contribution in [-0.2, 0) is 13.1 Å². The van der Waals surface area contributed by atoms with Gasteiger partial charge >= 0.3 is 0 Å². The van der Waals surface area contributed by atoms with Gasteiger partial charge in [-0.15, -0.1) is 0 Å². The molecule has 0 saturated carbocycles. The van der Waals surface area contributed by atoms with E-state index in [2.05, 4.69) is 20.3 Å². The molecule has 1 aliphatic rings. The molecule has 8 nitrogen and oxygen atoms in total. The van der Waals surface area contributed by atoms with Crippen molar-refractivity contribution in [2.75, 3.05) is 13.6 Å². The van der Waals surface area contributed by atoms with Gasteiger partial charge in [0.2, 0.25) is 0 Å². The third-order valence-corrected chi connectivity index (χ3v) is 4.33. The second-order valence-corrected chi connectivity index (χ2v) is 6.26. The zero-order valence-electron chi connectivity index (χ0n) is 14.0. The normalized spacial score (nSPS) is 14.0. The van der Waals surface area contributed by atoms with Gasteiger partial charge in [0.1, 0.15) is 11.5 Å². The highest BCUT2D eigenvalue weighted by atomic mass is 16.2. The molecular weight excluding hydrogens is 320 g/mol. The topological polar surface area (TPSA) is 95.9 Å². The number of aromatic nitrogens is 4. The van der Waals surface area contributed by atoms with Crippen molar-refractivity contribution in [2.45, 2.75) is 20.0 Å². The lowest BCUT2D eigenvalue weighted by Gasteiger charge is -2.22. The van der Waals surface area contributed by atoms with E-state index in [-0.39, 0.29) is 24.1 Å². The van der Waals surface area contributed by atoms with E-state index in [0.29, 0.717) is 24.7 Å². The maximum absolute atomic E-state index is 12.3. The quantitative estimate of drug-likeness (QED) is 0.747. The van der Waals surface area contributed by atoms with Gasteiger partial charge < -0.3 is 19.8 Å². The number of amides is 2. The van der Waals surface area contributed by atoms with Crippen LogP contribution in [0.5, 0.6) is 0 Å². The summed E-state index contributed by atoms with van der Waals surface area (Å²) in [5.74, 6) is 0.485. The predicted octanol–water partition coefficient (Wildman–Crippen LogP) is 1.08. The largest absolute Gasteiger partial charge is 0.343 e. The van der Waals surface area contributed by atoms with Gasteiger partial charge in [-0.2, -0.15) is 0 Å². The number of hydrogen-bond donors (Lipinski definition) is 2. The Morgan fingerprint density at radius 1 is 1.32 bits per heavy atom. The summed E-state index contributed by atoms with van der Waals surface area (Å²) in [4.78, 5) is 37.8. The van der Waals surface area contributed by atoms with Gasteiger partial charge in [0.15, 0.2) is 5.82 Å². The molecule has 8 heteroatoms. The summed E-state index contributed by atoms with van der Waals surface area (Å²) >= 11 is 0. The summed E-state index contributed by atoms with van der Waals surface area (Å²) in [7, 11) is 1.73. The van der Waals surface area contributed by atoms with Gasteiger partial charge in [0.05, 0.1) is 17.6 Å². The smallest absolute Gasteiger partial charge is 0.289 e. The molecule has 3 heterocycles. The first-order valence-electron chi connectivity index (χ1n) is 8.07. The van der Waals surface area contributed by atoms with Crippen molar-refractivity contribution in [3.63, 3.8) is 0 Å². The highest BCUT2D eigenvalue weighted by molar-refractivity contribution is 5.96. The van der Waals surface area contributed by atoms with Gasteiger partial charge in [-0.05, 0) is 24.6 Å². The summed E-state index contributed by atoms with van der Waals surface area (Å²) < 4.78 is 1.72. The second-order valence-electron chi connectivity index (χ2n) is 6.26. The molecule has 0 spiro atoms. The SMILES string of the molecule is Cc1ccc2nc(CNC(=O)c3cn4c(n3)C(=O)N(C)CC4)[nH]c2c1. The lowest BCUT2D eigenvalue weighted by molar-refractivity contribution is 0.0741. The molecule has 25 heavy (non-hydrogen) atoms. The standard InChI is InChI=1S/C17H18N6O2/c1-10-3-4-11-12(7-10)20-14(19-11)8-18-16(24)13-9-23-6-5-22(2)17(25)15(23)21-13/h3-4,7,9H,5-6,8H2,1-2H3,(H,18,24)(H,19,20). The zero-order valence-corrected chi connectivity index (χ0v) is 14.0. The maximum atomic E-state index is 12.3. The van der Waals surface area contributed by atoms with Crippen LogP contribution in [0.1, 0.15) is 32.5 Å². The van der Waals surface area contributed by atoms with Crippen molar-refractivity contribution in [1.82, 2.24) is 29.7 Å². The van der Waals surface area contributed by atoms with Gasteiger partial charge in [0, 0.05) is 26.3 Å². The highest BCUT2D eigenvalue weighted by Gasteiger charge is 2.25. The molecule has 0 aliphatic carbocycles. The van der Waals surface area contributed by atoms with E-state index in [4.69, 9.17) is 0 Å². The van der Waals surface area contributed by atoms with E-state index in [1.807, 2.05) is 25.1 Å². The summed E-state index contributed by atoms with van der Waals surface area (Å²) in [6, 6.07) is 5.95. The van der Waals surface area contributed by atoms with E-state index in [9.17, 15) is 9.59 Å². The molecular formula is C17H18N6O2. The Balaban J connectivity index is 1.48. The molecule has 1 aromatic carbocycles. The molecule has 1 aliphatic heterocycles. The van der Waals surface area contributed by atoms with Crippen LogP contribution in [0.4, 0.5) is 0 Å². The van der Waals surface area contributed by atoms with Crippen LogP contribution < -0.4 is 5.32 Å². The molecule has 0 saturated heterocycles. The Bertz CT molecular complexity index is 986. The minimum atomic E-state index is -0.325. The van der Waals surface area contributed by atoms with Crippen LogP contribution in [0.3, 0.4) is 0 Å². The minimum Gasteiger partial charge on any atom is -0.343 e. The summed E-state index contributed by atoms with van der Waals surface area (Å²) in [5.41, 5.74) is 3.19. The Morgan fingerprint density at radius 2 is 2.16 bits per heavy atom. The Labute approximate surface area is 143 Å². The van der Waals surface area contributed by atoms with Gasteiger partial charge in [0.25, 0.3) is 11.8 Å². The fraction of sp³-hybridized carbons (Fsp3) is 0.294. The average Bonchev–Trinajstić information content (AvgIpc) is 3.19. The fourth-order valence-corrected chi connectivity index (χ4v) is 2.91. The Hall–Kier alpha value is -3.16. The number of likely N-dealkylation sites (N-methyl/N-ethyl adjacent to an activating group) is 1. The number of carbonyl (C=O) groups is 2.